The Bertz CT molecular complexity index is 1110. The zero-order chi connectivity index (χ0) is 23.5. The van der Waals surface area contributed by atoms with Gasteiger partial charge in [-0.25, -0.2) is 9.38 Å². The molecule has 3 rings (SSSR count). The number of rotatable bonds is 6. The summed E-state index contributed by atoms with van der Waals surface area (Å²) in [4.78, 5) is 33.3. The molecule has 0 aliphatic carbocycles. The third-order valence-corrected chi connectivity index (χ3v) is 5.11. The summed E-state index contributed by atoms with van der Waals surface area (Å²) in [7, 11) is 0. The summed E-state index contributed by atoms with van der Waals surface area (Å²) < 4.78 is 42.3. The molecule has 0 bridgehead atoms. The number of hydrogen-bond acceptors (Lipinski definition) is 7. The van der Waals surface area contributed by atoms with E-state index < -0.39 is 29.2 Å². The fraction of sp³-hybridized carbons (Fsp3) is 0.300. The maximum atomic E-state index is 12.7. The Kier molecular flexibility index (Phi) is 6.92. The van der Waals surface area contributed by atoms with Crippen molar-refractivity contribution in [3.05, 3.63) is 68.8 Å². The molecule has 170 valence electrons. The number of nitrogens with one attached hydrogen (secondary N) is 2. The second-order valence-electron chi connectivity index (χ2n) is 7.09. The van der Waals surface area contributed by atoms with Gasteiger partial charge in [-0.15, -0.1) is 0 Å². The molecule has 0 spiro atoms. The number of H-pyrrole nitrogens is 1. The second-order valence-corrected chi connectivity index (χ2v) is 7.67. The molecular formula is C20H21F3N6O2S. The highest BCUT2D eigenvalue weighted by molar-refractivity contribution is 7.97. The largest absolute Gasteiger partial charge is 0.416 e. The first-order chi connectivity index (χ1) is 15.1. The summed E-state index contributed by atoms with van der Waals surface area (Å²) in [5, 5.41) is 2.65. The van der Waals surface area contributed by atoms with E-state index in [1.54, 1.807) is 18.0 Å². The molecule has 0 fully saturated rings. The Morgan fingerprint density at radius 3 is 2.66 bits per heavy atom. The van der Waals surface area contributed by atoms with E-state index in [1.807, 2.05) is 6.26 Å². The Morgan fingerprint density at radius 1 is 1.34 bits per heavy atom. The number of aromatic amines is 1. The van der Waals surface area contributed by atoms with Gasteiger partial charge in [-0.3, -0.25) is 14.6 Å². The Labute approximate surface area is 186 Å². The molecule has 1 amide bonds. The topological polar surface area (TPSA) is 116 Å². The Hall–Kier alpha value is -3.28. The fourth-order valence-corrected chi connectivity index (χ4v) is 3.32. The van der Waals surface area contributed by atoms with Crippen LogP contribution in [-0.4, -0.2) is 41.4 Å². The van der Waals surface area contributed by atoms with Gasteiger partial charge >= 0.3 is 6.18 Å². The van der Waals surface area contributed by atoms with Crippen LogP contribution in [0.1, 0.15) is 34.6 Å². The number of alkyl halides is 3. The molecule has 32 heavy (non-hydrogen) atoms. The van der Waals surface area contributed by atoms with Gasteiger partial charge < -0.3 is 16.0 Å². The van der Waals surface area contributed by atoms with Crippen LogP contribution in [-0.2, 0) is 6.18 Å². The summed E-state index contributed by atoms with van der Waals surface area (Å²) in [6.07, 6.45) is -0.988. The molecule has 1 aromatic carbocycles. The van der Waals surface area contributed by atoms with Crippen LogP contribution in [0.15, 0.2) is 50.8 Å². The first-order valence-electron chi connectivity index (χ1n) is 9.47. The van der Waals surface area contributed by atoms with Gasteiger partial charge in [-0.05, 0) is 36.6 Å². The van der Waals surface area contributed by atoms with Gasteiger partial charge in [-0.2, -0.15) is 13.2 Å². The SMILES string of the molecule is CSN=CC1=C(N)CN(c2nc(C(=O)N[C@H](C)c3ccc(C(F)(F)F)cc3)cc(=O)[nH]2)C1. The number of benzene rings is 1. The smallest absolute Gasteiger partial charge is 0.400 e. The van der Waals surface area contributed by atoms with E-state index in [4.69, 9.17) is 5.73 Å². The van der Waals surface area contributed by atoms with Gasteiger partial charge in [0.1, 0.15) is 5.69 Å². The van der Waals surface area contributed by atoms with Crippen molar-refractivity contribution in [1.29, 1.82) is 0 Å². The molecule has 0 radical (unpaired) electrons. The van der Waals surface area contributed by atoms with Gasteiger partial charge in [0, 0.05) is 36.4 Å². The second kappa shape index (κ2) is 9.47. The number of nitrogens with zero attached hydrogens (tertiary/aromatic N) is 3. The lowest BCUT2D eigenvalue weighted by Gasteiger charge is -2.18. The van der Waals surface area contributed by atoms with E-state index in [1.165, 1.54) is 24.1 Å². The quantitative estimate of drug-likeness (QED) is 0.445. The average molecular weight is 466 g/mol. The van der Waals surface area contributed by atoms with Crippen LogP contribution in [0.3, 0.4) is 0 Å². The fourth-order valence-electron chi connectivity index (χ4n) is 3.09. The van der Waals surface area contributed by atoms with Crippen molar-refractivity contribution in [2.45, 2.75) is 19.1 Å². The zero-order valence-electron chi connectivity index (χ0n) is 17.2. The van der Waals surface area contributed by atoms with E-state index in [-0.39, 0.29) is 11.6 Å². The van der Waals surface area contributed by atoms with Gasteiger partial charge in [0.05, 0.1) is 18.2 Å². The summed E-state index contributed by atoms with van der Waals surface area (Å²) in [5.74, 6) is -0.450. The number of anilines is 1. The summed E-state index contributed by atoms with van der Waals surface area (Å²) >= 11 is 1.28. The Morgan fingerprint density at radius 2 is 2.03 bits per heavy atom. The monoisotopic (exact) mass is 466 g/mol. The molecule has 0 unspecified atom stereocenters. The standard InChI is InChI=1S/C20H21F3N6O2S/c1-11(12-3-5-14(6-4-12)20(21,22)23)26-18(31)16-7-17(30)28-19(27-16)29-9-13(8-25-32-2)15(24)10-29/h3-8,11H,9-10,24H2,1-2H3,(H,26,31)(H,27,28,30)/t11-/m1/s1. The van der Waals surface area contributed by atoms with Crippen molar-refractivity contribution < 1.29 is 18.0 Å². The van der Waals surface area contributed by atoms with Gasteiger partial charge in [0.15, 0.2) is 0 Å². The normalized spacial score (nSPS) is 15.5. The van der Waals surface area contributed by atoms with E-state index in [0.29, 0.717) is 24.4 Å². The van der Waals surface area contributed by atoms with Crippen molar-refractivity contribution in [3.8, 4) is 0 Å². The summed E-state index contributed by atoms with van der Waals surface area (Å²) in [6.45, 7) is 2.30. The molecule has 1 atom stereocenters. The van der Waals surface area contributed by atoms with E-state index in [0.717, 1.165) is 23.8 Å². The first-order valence-corrected chi connectivity index (χ1v) is 10.6. The minimum atomic E-state index is -4.44. The van der Waals surface area contributed by atoms with Crippen molar-refractivity contribution >= 4 is 30.0 Å². The maximum absolute atomic E-state index is 12.7. The zero-order valence-corrected chi connectivity index (χ0v) is 18.0. The predicted molar refractivity (Wildman–Crippen MR) is 118 cm³/mol. The lowest BCUT2D eigenvalue weighted by molar-refractivity contribution is -0.137. The van der Waals surface area contributed by atoms with Crippen molar-refractivity contribution in [2.24, 2.45) is 10.1 Å². The van der Waals surface area contributed by atoms with E-state index in [9.17, 15) is 22.8 Å². The van der Waals surface area contributed by atoms with Crippen LogP contribution >= 0.6 is 11.9 Å². The van der Waals surface area contributed by atoms with Crippen molar-refractivity contribution in [3.63, 3.8) is 0 Å². The molecule has 1 aliphatic heterocycles. The predicted octanol–water partition coefficient (Wildman–Crippen LogP) is 2.66. The molecule has 1 aliphatic rings. The molecule has 2 aromatic rings. The molecule has 12 heteroatoms. The van der Waals surface area contributed by atoms with Crippen molar-refractivity contribution in [1.82, 2.24) is 15.3 Å². The minimum Gasteiger partial charge on any atom is -0.400 e. The number of halogens is 3. The minimum absolute atomic E-state index is 0.118. The molecule has 1 aromatic heterocycles. The number of carbonyl (C=O) groups excluding carboxylic acids is 1. The highest BCUT2D eigenvalue weighted by Gasteiger charge is 2.30. The van der Waals surface area contributed by atoms with Crippen LogP contribution in [0.4, 0.5) is 19.1 Å². The average Bonchev–Trinajstić information content (AvgIpc) is 3.11. The molecule has 2 heterocycles. The molecule has 0 saturated carbocycles. The molecule has 8 nitrogen and oxygen atoms in total. The third kappa shape index (κ3) is 5.49. The number of aromatic nitrogens is 2. The number of hydrogen-bond donors (Lipinski definition) is 3. The van der Waals surface area contributed by atoms with E-state index in [2.05, 4.69) is 19.7 Å². The molecule has 0 saturated heterocycles. The highest BCUT2D eigenvalue weighted by Crippen LogP contribution is 2.30. The van der Waals surface area contributed by atoms with Crippen LogP contribution in [0.25, 0.3) is 0 Å². The molecular weight excluding hydrogens is 445 g/mol. The third-order valence-electron chi connectivity index (χ3n) is 4.80. The van der Waals surface area contributed by atoms with Crippen LogP contribution in [0.2, 0.25) is 0 Å². The number of carbonyl (C=O) groups is 1. The van der Waals surface area contributed by atoms with E-state index >= 15 is 0 Å². The van der Waals surface area contributed by atoms with Crippen molar-refractivity contribution in [2.75, 3.05) is 24.2 Å². The first kappa shape index (κ1) is 23.4. The van der Waals surface area contributed by atoms with Crippen LogP contribution in [0, 0.1) is 0 Å². The van der Waals surface area contributed by atoms with Gasteiger partial charge in [-0.1, -0.05) is 12.1 Å². The van der Waals surface area contributed by atoms with Crippen LogP contribution < -0.4 is 21.5 Å². The highest BCUT2D eigenvalue weighted by atomic mass is 32.2. The van der Waals surface area contributed by atoms with Gasteiger partial charge in [0.25, 0.3) is 11.5 Å². The summed E-state index contributed by atoms with van der Waals surface area (Å²) in [6, 6.07) is 4.94. The lowest BCUT2D eigenvalue weighted by atomic mass is 10.1. The number of amides is 1. The van der Waals surface area contributed by atoms with Crippen LogP contribution in [0.5, 0.6) is 0 Å². The maximum Gasteiger partial charge on any atom is 0.416 e. The lowest BCUT2D eigenvalue weighted by Crippen LogP contribution is -2.31. The Balaban J connectivity index is 1.73. The van der Waals surface area contributed by atoms with Gasteiger partial charge in [0.2, 0.25) is 5.95 Å². The summed E-state index contributed by atoms with van der Waals surface area (Å²) in [5.41, 5.74) is 6.45. The number of nitrogens with two attached hydrogens (primary N) is 1. The molecule has 4 N–H and O–H groups in total.